The normalized spacial score (nSPS) is 14.7. The van der Waals surface area contributed by atoms with Gasteiger partial charge in [0.1, 0.15) is 11.4 Å². The minimum atomic E-state index is -1.03. The van der Waals surface area contributed by atoms with E-state index in [1.165, 1.54) is 5.56 Å². The first-order valence-corrected chi connectivity index (χ1v) is 5.15. The number of aryl methyl sites for hydroxylation is 1. The molecule has 1 rings (SSSR count). The van der Waals surface area contributed by atoms with Crippen LogP contribution in [0.1, 0.15) is 25.0 Å². The third-order valence-electron chi connectivity index (χ3n) is 2.65. The molecule has 0 aromatic heterocycles. The van der Waals surface area contributed by atoms with Crippen molar-refractivity contribution in [2.45, 2.75) is 25.9 Å². The summed E-state index contributed by atoms with van der Waals surface area (Å²) in [6, 6.07) is 5.82. The summed E-state index contributed by atoms with van der Waals surface area (Å²) >= 11 is 0. The Labute approximate surface area is 90.9 Å². The monoisotopic (exact) mass is 209 g/mol. The van der Waals surface area contributed by atoms with Crippen LogP contribution in [0.15, 0.2) is 18.2 Å². The molecule has 1 unspecified atom stereocenters. The number of methoxy groups -OCH3 is 1. The van der Waals surface area contributed by atoms with Gasteiger partial charge in [0.15, 0.2) is 0 Å². The first-order chi connectivity index (χ1) is 7.05. The Morgan fingerprint density at radius 1 is 1.47 bits per heavy atom. The van der Waals surface area contributed by atoms with E-state index >= 15 is 0 Å². The van der Waals surface area contributed by atoms with Gasteiger partial charge in [-0.1, -0.05) is 13.0 Å². The fourth-order valence-electron chi connectivity index (χ4n) is 1.51. The topological polar surface area (TPSA) is 55.5 Å². The second kappa shape index (κ2) is 4.64. The van der Waals surface area contributed by atoms with E-state index < -0.39 is 5.60 Å². The SMILES string of the molecule is CCc1ccc(OC)c(C(C)(O)CN)c1. The Morgan fingerprint density at radius 2 is 2.13 bits per heavy atom. The maximum absolute atomic E-state index is 10.1. The number of hydrogen-bond acceptors (Lipinski definition) is 3. The van der Waals surface area contributed by atoms with Gasteiger partial charge in [-0.05, 0) is 31.0 Å². The summed E-state index contributed by atoms with van der Waals surface area (Å²) in [7, 11) is 1.59. The molecule has 1 aromatic rings. The van der Waals surface area contributed by atoms with Crippen molar-refractivity contribution in [3.8, 4) is 5.75 Å². The van der Waals surface area contributed by atoms with Crippen LogP contribution in [0.25, 0.3) is 0 Å². The lowest BCUT2D eigenvalue weighted by Gasteiger charge is -2.24. The van der Waals surface area contributed by atoms with Gasteiger partial charge in [0, 0.05) is 12.1 Å². The number of aliphatic hydroxyl groups is 1. The van der Waals surface area contributed by atoms with E-state index in [0.29, 0.717) is 5.75 Å². The molecule has 1 atom stereocenters. The molecule has 0 saturated carbocycles. The maximum Gasteiger partial charge on any atom is 0.125 e. The Bertz CT molecular complexity index is 334. The van der Waals surface area contributed by atoms with Crippen molar-refractivity contribution in [2.75, 3.05) is 13.7 Å². The Balaban J connectivity index is 3.23. The van der Waals surface area contributed by atoms with Gasteiger partial charge in [0.25, 0.3) is 0 Å². The third-order valence-corrected chi connectivity index (χ3v) is 2.65. The molecule has 0 aliphatic rings. The number of benzene rings is 1. The lowest BCUT2D eigenvalue weighted by atomic mass is 9.93. The van der Waals surface area contributed by atoms with Crippen LogP contribution in [0.3, 0.4) is 0 Å². The predicted octanol–water partition coefficient (Wildman–Crippen LogP) is 1.42. The van der Waals surface area contributed by atoms with Crippen LogP contribution < -0.4 is 10.5 Å². The summed E-state index contributed by atoms with van der Waals surface area (Å²) in [5, 5.41) is 10.1. The zero-order chi connectivity index (χ0) is 11.5. The molecule has 0 heterocycles. The molecule has 0 aliphatic carbocycles. The second-order valence-corrected chi connectivity index (χ2v) is 3.87. The average Bonchev–Trinajstić information content (AvgIpc) is 2.28. The molecular weight excluding hydrogens is 190 g/mol. The van der Waals surface area contributed by atoms with Gasteiger partial charge in [-0.25, -0.2) is 0 Å². The average molecular weight is 209 g/mol. The molecule has 0 amide bonds. The van der Waals surface area contributed by atoms with E-state index in [2.05, 4.69) is 6.92 Å². The highest BCUT2D eigenvalue weighted by atomic mass is 16.5. The van der Waals surface area contributed by atoms with E-state index in [-0.39, 0.29) is 6.54 Å². The lowest BCUT2D eigenvalue weighted by Crippen LogP contribution is -2.31. The van der Waals surface area contributed by atoms with Gasteiger partial charge in [0.05, 0.1) is 7.11 Å². The van der Waals surface area contributed by atoms with Gasteiger partial charge in [-0.2, -0.15) is 0 Å². The van der Waals surface area contributed by atoms with Crippen molar-refractivity contribution >= 4 is 0 Å². The van der Waals surface area contributed by atoms with Crippen LogP contribution >= 0.6 is 0 Å². The minimum Gasteiger partial charge on any atom is -0.496 e. The number of rotatable bonds is 4. The largest absolute Gasteiger partial charge is 0.496 e. The van der Waals surface area contributed by atoms with Crippen LogP contribution in [0.5, 0.6) is 5.75 Å². The highest BCUT2D eigenvalue weighted by Crippen LogP contribution is 2.30. The zero-order valence-corrected chi connectivity index (χ0v) is 9.58. The summed E-state index contributed by atoms with van der Waals surface area (Å²) < 4.78 is 5.22. The minimum absolute atomic E-state index is 0.177. The molecule has 15 heavy (non-hydrogen) atoms. The summed E-state index contributed by atoms with van der Waals surface area (Å²) in [5.41, 5.74) is 6.44. The van der Waals surface area contributed by atoms with Crippen LogP contribution in [-0.2, 0) is 12.0 Å². The molecule has 0 saturated heterocycles. The van der Waals surface area contributed by atoms with Gasteiger partial charge in [-0.15, -0.1) is 0 Å². The maximum atomic E-state index is 10.1. The molecule has 3 heteroatoms. The lowest BCUT2D eigenvalue weighted by molar-refractivity contribution is 0.0640. The Hall–Kier alpha value is -1.06. The molecule has 3 nitrogen and oxygen atoms in total. The van der Waals surface area contributed by atoms with E-state index in [0.717, 1.165) is 12.0 Å². The van der Waals surface area contributed by atoms with Crippen molar-refractivity contribution < 1.29 is 9.84 Å². The Morgan fingerprint density at radius 3 is 2.60 bits per heavy atom. The summed E-state index contributed by atoms with van der Waals surface area (Å²) in [5.74, 6) is 0.683. The molecule has 0 spiro atoms. The quantitative estimate of drug-likeness (QED) is 0.788. The van der Waals surface area contributed by atoms with Crippen molar-refractivity contribution in [3.05, 3.63) is 29.3 Å². The summed E-state index contributed by atoms with van der Waals surface area (Å²) in [6.07, 6.45) is 0.928. The summed E-state index contributed by atoms with van der Waals surface area (Å²) in [6.45, 7) is 3.95. The molecular formula is C12H19NO2. The number of ether oxygens (including phenoxy) is 1. The smallest absolute Gasteiger partial charge is 0.125 e. The zero-order valence-electron chi connectivity index (χ0n) is 9.58. The highest BCUT2D eigenvalue weighted by molar-refractivity contribution is 5.41. The fraction of sp³-hybridized carbons (Fsp3) is 0.500. The van der Waals surface area contributed by atoms with Crippen molar-refractivity contribution in [2.24, 2.45) is 5.73 Å². The fourth-order valence-corrected chi connectivity index (χ4v) is 1.51. The van der Waals surface area contributed by atoms with E-state index in [1.54, 1.807) is 14.0 Å². The Kier molecular flexibility index (Phi) is 3.72. The van der Waals surface area contributed by atoms with Gasteiger partial charge < -0.3 is 15.6 Å². The van der Waals surface area contributed by atoms with Crippen molar-refractivity contribution in [1.82, 2.24) is 0 Å². The molecule has 1 aromatic carbocycles. The van der Waals surface area contributed by atoms with Gasteiger partial charge in [0.2, 0.25) is 0 Å². The van der Waals surface area contributed by atoms with E-state index in [4.69, 9.17) is 10.5 Å². The number of nitrogens with two attached hydrogens (primary N) is 1. The van der Waals surface area contributed by atoms with Gasteiger partial charge >= 0.3 is 0 Å². The first-order valence-electron chi connectivity index (χ1n) is 5.15. The van der Waals surface area contributed by atoms with Crippen LogP contribution in [-0.4, -0.2) is 18.8 Å². The molecule has 0 fully saturated rings. The molecule has 0 aliphatic heterocycles. The van der Waals surface area contributed by atoms with E-state index in [9.17, 15) is 5.11 Å². The second-order valence-electron chi connectivity index (χ2n) is 3.87. The van der Waals surface area contributed by atoms with Crippen molar-refractivity contribution in [1.29, 1.82) is 0 Å². The van der Waals surface area contributed by atoms with Crippen LogP contribution in [0, 0.1) is 0 Å². The first kappa shape index (κ1) is 12.0. The number of hydrogen-bond donors (Lipinski definition) is 2. The molecule has 0 bridgehead atoms. The standard InChI is InChI=1S/C12H19NO2/c1-4-9-5-6-11(15-3)10(7-9)12(2,14)8-13/h5-7,14H,4,8,13H2,1-3H3. The van der Waals surface area contributed by atoms with Gasteiger partial charge in [-0.3, -0.25) is 0 Å². The van der Waals surface area contributed by atoms with Crippen LogP contribution in [0.4, 0.5) is 0 Å². The highest BCUT2D eigenvalue weighted by Gasteiger charge is 2.25. The molecule has 3 N–H and O–H groups in total. The molecule has 0 radical (unpaired) electrons. The molecule has 84 valence electrons. The van der Waals surface area contributed by atoms with E-state index in [1.807, 2.05) is 18.2 Å². The predicted molar refractivity (Wildman–Crippen MR) is 61.0 cm³/mol. The van der Waals surface area contributed by atoms with Crippen LogP contribution in [0.2, 0.25) is 0 Å². The summed E-state index contributed by atoms with van der Waals surface area (Å²) in [4.78, 5) is 0. The third kappa shape index (κ3) is 2.49. The van der Waals surface area contributed by atoms with Crippen molar-refractivity contribution in [3.63, 3.8) is 0 Å².